The van der Waals surface area contributed by atoms with Crippen molar-refractivity contribution in [3.8, 4) is 0 Å². The number of hydrogen-bond donors (Lipinski definition) is 0. The van der Waals surface area contributed by atoms with Gasteiger partial charge in [0.2, 0.25) is 6.54 Å². The molecule has 0 aliphatic carbocycles. The van der Waals surface area contributed by atoms with E-state index in [0.717, 1.165) is 0 Å². The summed E-state index contributed by atoms with van der Waals surface area (Å²) in [5, 5.41) is 10.4. The number of rotatable bonds is 2. The minimum absolute atomic E-state index is 0.157. The van der Waals surface area contributed by atoms with Crippen molar-refractivity contribution in [2.24, 2.45) is 5.92 Å². The highest BCUT2D eigenvalue weighted by Crippen LogP contribution is 2.14. The third-order valence-electron chi connectivity index (χ3n) is 2.22. The predicted molar refractivity (Wildman–Crippen MR) is 62.3 cm³/mol. The van der Waals surface area contributed by atoms with Gasteiger partial charge in [0.15, 0.2) is 0 Å². The number of nitrogens with zero attached hydrogens (tertiary/aromatic N) is 2. The summed E-state index contributed by atoms with van der Waals surface area (Å²) in [6.45, 7) is 6.00. The molecular weight excluding hydrogens is 224 g/mol. The molecule has 0 aromatic rings. The summed E-state index contributed by atoms with van der Waals surface area (Å²) in [6, 6.07) is 0. The van der Waals surface area contributed by atoms with Crippen LogP contribution in [-0.2, 0) is 4.74 Å². The summed E-state index contributed by atoms with van der Waals surface area (Å²) in [5.74, 6) is -0.230. The van der Waals surface area contributed by atoms with Gasteiger partial charge in [-0.25, -0.2) is 4.79 Å². The fraction of sp³-hybridized carbons (Fsp3) is 0.727. The van der Waals surface area contributed by atoms with Gasteiger partial charge in [-0.2, -0.15) is 0 Å². The van der Waals surface area contributed by atoms with Crippen LogP contribution in [0.5, 0.6) is 0 Å². The minimum atomic E-state index is -0.545. The highest BCUT2D eigenvalue weighted by Gasteiger charge is 2.27. The average molecular weight is 242 g/mol. The molecule has 0 spiro atoms. The summed E-state index contributed by atoms with van der Waals surface area (Å²) in [4.78, 5) is 23.3. The molecule has 1 aliphatic heterocycles. The van der Waals surface area contributed by atoms with E-state index in [2.05, 4.69) is 0 Å². The smallest absolute Gasteiger partial charge is 0.410 e. The lowest BCUT2D eigenvalue weighted by Crippen LogP contribution is -2.42. The Balaban J connectivity index is 2.54. The van der Waals surface area contributed by atoms with Crippen LogP contribution >= 0.6 is 0 Å². The molecule has 17 heavy (non-hydrogen) atoms. The van der Waals surface area contributed by atoms with Crippen molar-refractivity contribution in [1.29, 1.82) is 0 Å². The molecule has 1 amide bonds. The van der Waals surface area contributed by atoms with Gasteiger partial charge in [-0.05, 0) is 20.8 Å². The Kier molecular flexibility index (Phi) is 4.09. The van der Waals surface area contributed by atoms with Gasteiger partial charge in [-0.3, -0.25) is 10.1 Å². The molecular formula is C11H18N2O4. The quantitative estimate of drug-likeness (QED) is 0.419. The standard InChI is InChI=1S/C11H18N2O4/c1-11(2,3)17-10(14)12-6-4-5-9(7-12)8-13(15)16/h4-5,9H,6-8H2,1-3H3/t9-/m1/s1. The van der Waals surface area contributed by atoms with Crippen LogP contribution in [0.3, 0.4) is 0 Å². The molecule has 1 heterocycles. The summed E-state index contributed by atoms with van der Waals surface area (Å²) in [6.07, 6.45) is 3.13. The monoisotopic (exact) mass is 242 g/mol. The maximum atomic E-state index is 11.7. The van der Waals surface area contributed by atoms with Gasteiger partial charge in [0.25, 0.3) is 0 Å². The molecule has 0 radical (unpaired) electrons. The lowest BCUT2D eigenvalue weighted by atomic mass is 10.1. The van der Waals surface area contributed by atoms with Gasteiger partial charge in [0, 0.05) is 18.0 Å². The summed E-state index contributed by atoms with van der Waals surface area (Å²) in [7, 11) is 0. The molecule has 0 aromatic carbocycles. The largest absolute Gasteiger partial charge is 0.444 e. The highest BCUT2D eigenvalue weighted by molar-refractivity contribution is 5.68. The first-order valence-electron chi connectivity index (χ1n) is 5.54. The minimum Gasteiger partial charge on any atom is -0.444 e. The van der Waals surface area contributed by atoms with E-state index in [4.69, 9.17) is 4.74 Å². The Morgan fingerprint density at radius 3 is 2.76 bits per heavy atom. The molecule has 0 saturated carbocycles. The Morgan fingerprint density at radius 1 is 1.59 bits per heavy atom. The van der Waals surface area contributed by atoms with E-state index in [0.29, 0.717) is 13.1 Å². The molecule has 0 bridgehead atoms. The first-order chi connectivity index (χ1) is 7.78. The number of carbonyl (C=O) groups excluding carboxylic acids is 1. The van der Waals surface area contributed by atoms with Gasteiger partial charge < -0.3 is 9.64 Å². The molecule has 0 aromatic heterocycles. The van der Waals surface area contributed by atoms with Crippen LogP contribution in [-0.4, -0.2) is 41.2 Å². The fourth-order valence-electron chi connectivity index (χ4n) is 1.58. The molecule has 6 heteroatoms. The second kappa shape index (κ2) is 5.16. The number of carbonyl (C=O) groups is 1. The van der Waals surface area contributed by atoms with Gasteiger partial charge in [-0.15, -0.1) is 0 Å². The SMILES string of the molecule is CC(C)(C)OC(=O)N1CC=C[C@@H](C[N+](=O)[O-])C1. The van der Waals surface area contributed by atoms with Crippen molar-refractivity contribution >= 4 is 6.09 Å². The molecule has 96 valence electrons. The average Bonchev–Trinajstić information content (AvgIpc) is 2.14. The van der Waals surface area contributed by atoms with Crippen LogP contribution in [0.25, 0.3) is 0 Å². The van der Waals surface area contributed by atoms with Gasteiger partial charge >= 0.3 is 6.09 Å². The number of amides is 1. The highest BCUT2D eigenvalue weighted by atomic mass is 16.6. The molecule has 1 rings (SSSR count). The summed E-state index contributed by atoms with van der Waals surface area (Å²) < 4.78 is 5.21. The summed E-state index contributed by atoms with van der Waals surface area (Å²) >= 11 is 0. The number of nitro groups is 1. The molecule has 6 nitrogen and oxygen atoms in total. The number of ether oxygens (including phenoxy) is 1. The van der Waals surface area contributed by atoms with Gasteiger partial charge in [-0.1, -0.05) is 12.2 Å². The second-order valence-corrected chi connectivity index (χ2v) is 5.09. The molecule has 0 fully saturated rings. The Labute approximate surface area is 100 Å². The van der Waals surface area contributed by atoms with E-state index < -0.39 is 11.7 Å². The van der Waals surface area contributed by atoms with Crippen LogP contribution in [0.4, 0.5) is 4.79 Å². The van der Waals surface area contributed by atoms with Crippen molar-refractivity contribution < 1.29 is 14.5 Å². The Bertz CT molecular complexity index is 333. The zero-order valence-electron chi connectivity index (χ0n) is 10.4. The van der Waals surface area contributed by atoms with Crippen LogP contribution in [0, 0.1) is 16.0 Å². The molecule has 0 unspecified atom stereocenters. The zero-order chi connectivity index (χ0) is 13.1. The van der Waals surface area contributed by atoms with Crippen molar-refractivity contribution in [2.75, 3.05) is 19.6 Å². The predicted octanol–water partition coefficient (Wildman–Crippen LogP) is 1.69. The van der Waals surface area contributed by atoms with Crippen molar-refractivity contribution in [2.45, 2.75) is 26.4 Å². The van der Waals surface area contributed by atoms with Crippen LogP contribution in [0.1, 0.15) is 20.8 Å². The van der Waals surface area contributed by atoms with E-state index in [9.17, 15) is 14.9 Å². The lowest BCUT2D eigenvalue weighted by molar-refractivity contribution is -0.486. The van der Waals surface area contributed by atoms with E-state index in [1.54, 1.807) is 32.9 Å². The fourth-order valence-corrected chi connectivity index (χ4v) is 1.58. The van der Waals surface area contributed by atoms with Crippen LogP contribution < -0.4 is 0 Å². The maximum Gasteiger partial charge on any atom is 0.410 e. The topological polar surface area (TPSA) is 72.7 Å². The molecule has 0 saturated heterocycles. The van der Waals surface area contributed by atoms with E-state index in [1.165, 1.54) is 4.90 Å². The van der Waals surface area contributed by atoms with E-state index in [1.807, 2.05) is 0 Å². The van der Waals surface area contributed by atoms with Crippen molar-refractivity contribution in [3.63, 3.8) is 0 Å². The van der Waals surface area contributed by atoms with Gasteiger partial charge in [0.05, 0.1) is 5.92 Å². The number of hydrogen-bond acceptors (Lipinski definition) is 4. The molecule has 1 atom stereocenters. The third kappa shape index (κ3) is 4.84. The second-order valence-electron chi connectivity index (χ2n) is 5.09. The van der Waals surface area contributed by atoms with E-state index in [-0.39, 0.29) is 17.4 Å². The van der Waals surface area contributed by atoms with Crippen molar-refractivity contribution in [3.05, 3.63) is 22.3 Å². The maximum absolute atomic E-state index is 11.7. The third-order valence-corrected chi connectivity index (χ3v) is 2.22. The first-order valence-corrected chi connectivity index (χ1v) is 5.54. The lowest BCUT2D eigenvalue weighted by Gasteiger charge is -2.30. The van der Waals surface area contributed by atoms with Gasteiger partial charge in [0.1, 0.15) is 5.60 Å². The molecule has 0 N–H and O–H groups in total. The zero-order valence-corrected chi connectivity index (χ0v) is 10.4. The van der Waals surface area contributed by atoms with Crippen LogP contribution in [0.2, 0.25) is 0 Å². The first kappa shape index (κ1) is 13.5. The Hall–Kier alpha value is -1.59. The molecule has 1 aliphatic rings. The Morgan fingerprint density at radius 2 is 2.24 bits per heavy atom. The summed E-state index contributed by atoms with van der Waals surface area (Å²) in [5.41, 5.74) is -0.545. The van der Waals surface area contributed by atoms with Crippen LogP contribution in [0.15, 0.2) is 12.2 Å². The normalized spacial score (nSPS) is 20.2. The van der Waals surface area contributed by atoms with Crippen molar-refractivity contribution in [1.82, 2.24) is 4.90 Å². The van der Waals surface area contributed by atoms with E-state index >= 15 is 0 Å².